The van der Waals surface area contributed by atoms with Gasteiger partial charge in [-0.3, -0.25) is 4.99 Å². The molecule has 2 aromatic heterocycles. The van der Waals surface area contributed by atoms with E-state index in [1.807, 2.05) is 37.3 Å². The topological polar surface area (TPSA) is 62.0 Å². The molecule has 0 atom stereocenters. The molecule has 0 fully saturated rings. The maximum Gasteiger partial charge on any atom is 0.0978 e. The molecule has 220 valence electrons. The number of allylic oxidation sites excluding steroid dienone is 2. The SMILES string of the molecule is C=Nc1c(/C=C\C)ccc(/C(=C\C=N)c2ccc(-c3ccc4ccc5c(-c6ccccc6)c6ccccc6nc5c4n3)cc2)c1C. The van der Waals surface area contributed by atoms with E-state index in [2.05, 4.69) is 122 Å². The third-order valence-electron chi connectivity index (χ3n) is 8.57. The van der Waals surface area contributed by atoms with Crippen LogP contribution in [0.3, 0.4) is 0 Å². The number of hydrogen-bond donors (Lipinski definition) is 1. The molecule has 7 aromatic rings. The van der Waals surface area contributed by atoms with Gasteiger partial charge in [0.2, 0.25) is 0 Å². The van der Waals surface area contributed by atoms with Gasteiger partial charge in [-0.1, -0.05) is 115 Å². The quantitative estimate of drug-likeness (QED) is 0.114. The lowest BCUT2D eigenvalue weighted by molar-refractivity contribution is 1.36. The molecule has 0 saturated heterocycles. The van der Waals surface area contributed by atoms with Gasteiger partial charge in [0.25, 0.3) is 0 Å². The number of para-hydroxylation sites is 1. The highest BCUT2D eigenvalue weighted by molar-refractivity contribution is 6.16. The van der Waals surface area contributed by atoms with Gasteiger partial charge in [-0.25, -0.2) is 9.97 Å². The van der Waals surface area contributed by atoms with Gasteiger partial charge in [0, 0.05) is 39.1 Å². The molecule has 0 unspecified atom stereocenters. The number of aliphatic imine (C=N–C) groups is 1. The van der Waals surface area contributed by atoms with Crippen molar-refractivity contribution < 1.29 is 0 Å². The summed E-state index contributed by atoms with van der Waals surface area (Å²) in [5, 5.41) is 11.1. The van der Waals surface area contributed by atoms with E-state index in [1.54, 1.807) is 0 Å². The summed E-state index contributed by atoms with van der Waals surface area (Å²) in [6.45, 7) is 7.86. The molecule has 7 rings (SSSR count). The molecule has 46 heavy (non-hydrogen) atoms. The Labute approximate surface area is 268 Å². The van der Waals surface area contributed by atoms with Crippen LogP contribution in [0.25, 0.3) is 66.7 Å². The number of fused-ring (bicyclic) bond motifs is 4. The minimum atomic E-state index is 0.854. The summed E-state index contributed by atoms with van der Waals surface area (Å²) in [7, 11) is 0. The van der Waals surface area contributed by atoms with Gasteiger partial charge in [0.15, 0.2) is 0 Å². The average molecular weight is 593 g/mol. The van der Waals surface area contributed by atoms with Gasteiger partial charge in [-0.2, -0.15) is 0 Å². The zero-order chi connectivity index (χ0) is 31.6. The van der Waals surface area contributed by atoms with E-state index in [1.165, 1.54) is 11.8 Å². The van der Waals surface area contributed by atoms with Crippen LogP contribution < -0.4 is 0 Å². The van der Waals surface area contributed by atoms with Gasteiger partial charge in [0.1, 0.15) is 0 Å². The summed E-state index contributed by atoms with van der Waals surface area (Å²) in [5.41, 5.74) is 12.9. The zero-order valence-electron chi connectivity index (χ0n) is 25.8. The molecule has 0 bridgehead atoms. The highest BCUT2D eigenvalue weighted by atomic mass is 14.8. The number of pyridine rings is 2. The summed E-state index contributed by atoms with van der Waals surface area (Å²) in [6, 6.07) is 39.9. The summed E-state index contributed by atoms with van der Waals surface area (Å²) < 4.78 is 0. The number of benzene rings is 5. The number of rotatable bonds is 7. The fourth-order valence-electron chi connectivity index (χ4n) is 6.40. The fraction of sp³-hybridized carbons (Fsp3) is 0.0476. The highest BCUT2D eigenvalue weighted by Crippen LogP contribution is 2.38. The van der Waals surface area contributed by atoms with Crippen molar-refractivity contribution in [3.63, 3.8) is 0 Å². The van der Waals surface area contributed by atoms with Crippen LogP contribution >= 0.6 is 0 Å². The van der Waals surface area contributed by atoms with Crippen LogP contribution in [-0.4, -0.2) is 22.9 Å². The van der Waals surface area contributed by atoms with Crippen molar-refractivity contribution in [1.82, 2.24) is 9.97 Å². The zero-order valence-corrected chi connectivity index (χ0v) is 25.8. The maximum atomic E-state index is 7.88. The Bertz CT molecular complexity index is 2350. The summed E-state index contributed by atoms with van der Waals surface area (Å²) in [5.74, 6) is 0. The maximum absolute atomic E-state index is 7.88. The van der Waals surface area contributed by atoms with Crippen LogP contribution in [0.4, 0.5) is 5.69 Å². The predicted molar refractivity (Wildman–Crippen MR) is 196 cm³/mol. The molecule has 4 nitrogen and oxygen atoms in total. The third kappa shape index (κ3) is 5.00. The van der Waals surface area contributed by atoms with E-state index < -0.39 is 0 Å². The second-order valence-electron chi connectivity index (χ2n) is 11.3. The molecule has 0 aliphatic heterocycles. The molecule has 0 aliphatic carbocycles. The van der Waals surface area contributed by atoms with Crippen molar-refractivity contribution in [1.29, 1.82) is 5.41 Å². The van der Waals surface area contributed by atoms with E-state index in [0.29, 0.717) is 0 Å². The van der Waals surface area contributed by atoms with Crippen molar-refractivity contribution in [2.24, 2.45) is 4.99 Å². The van der Waals surface area contributed by atoms with Gasteiger partial charge in [0.05, 0.1) is 27.9 Å². The number of nitrogens with one attached hydrogen (secondary N) is 1. The molecular weight excluding hydrogens is 560 g/mol. The van der Waals surface area contributed by atoms with Crippen molar-refractivity contribution >= 4 is 63.0 Å². The standard InChI is InChI=1S/C42H32N4/c1-4-10-31-19-22-33(27(2)40(31)44-3)34(25-26-43)28-15-17-29(18-16-28)37-24-21-32-20-23-36-39(30-11-6-5-7-12-30)35-13-8-9-14-38(35)46-42(36)41(32)45-37/h4-26,43H,3H2,1-2H3/b10-4-,34-25-,43-26?. The van der Waals surface area contributed by atoms with Crippen LogP contribution in [0.15, 0.2) is 132 Å². The number of nitrogens with zero attached hydrogens (tertiary/aromatic N) is 3. The van der Waals surface area contributed by atoms with Gasteiger partial charge < -0.3 is 5.41 Å². The predicted octanol–water partition coefficient (Wildman–Crippen LogP) is 11.0. The average Bonchev–Trinajstić information content (AvgIpc) is 3.10. The Kier molecular flexibility index (Phi) is 7.61. The Hall–Kier alpha value is -6.00. The Morgan fingerprint density at radius 2 is 1.50 bits per heavy atom. The molecule has 0 amide bonds. The first-order valence-electron chi connectivity index (χ1n) is 15.3. The normalized spacial score (nSPS) is 11.9. The number of aromatic nitrogens is 2. The van der Waals surface area contributed by atoms with Gasteiger partial charge in [-0.15, -0.1) is 0 Å². The lowest BCUT2D eigenvalue weighted by Gasteiger charge is -2.15. The molecule has 5 aromatic carbocycles. The molecule has 2 heterocycles. The van der Waals surface area contributed by atoms with Crippen LogP contribution in [0.2, 0.25) is 0 Å². The van der Waals surface area contributed by atoms with E-state index in [9.17, 15) is 0 Å². The van der Waals surface area contributed by atoms with E-state index in [-0.39, 0.29) is 0 Å². The molecule has 0 radical (unpaired) electrons. The minimum Gasteiger partial charge on any atom is -0.309 e. The molecule has 4 heteroatoms. The van der Waals surface area contributed by atoms with Crippen molar-refractivity contribution in [3.05, 3.63) is 150 Å². The third-order valence-corrected chi connectivity index (χ3v) is 8.57. The Balaban J connectivity index is 1.34. The molecule has 1 N–H and O–H groups in total. The largest absolute Gasteiger partial charge is 0.309 e. The number of hydrogen-bond acceptors (Lipinski definition) is 4. The molecular formula is C42H32N4. The summed E-state index contributed by atoms with van der Waals surface area (Å²) in [6.07, 6.45) is 7.20. The van der Waals surface area contributed by atoms with Crippen LogP contribution in [0.5, 0.6) is 0 Å². The van der Waals surface area contributed by atoms with E-state index >= 15 is 0 Å². The van der Waals surface area contributed by atoms with Crippen LogP contribution in [0, 0.1) is 12.3 Å². The Morgan fingerprint density at radius 3 is 2.26 bits per heavy atom. The van der Waals surface area contributed by atoms with Crippen molar-refractivity contribution in [3.8, 4) is 22.4 Å². The second-order valence-corrected chi connectivity index (χ2v) is 11.3. The van der Waals surface area contributed by atoms with E-state index in [4.69, 9.17) is 15.4 Å². The van der Waals surface area contributed by atoms with Crippen molar-refractivity contribution in [2.45, 2.75) is 13.8 Å². The fourth-order valence-corrected chi connectivity index (χ4v) is 6.40. The lowest BCUT2D eigenvalue weighted by Crippen LogP contribution is -1.95. The van der Waals surface area contributed by atoms with Gasteiger partial charge in [-0.05, 0) is 66.6 Å². The minimum absolute atomic E-state index is 0.854. The van der Waals surface area contributed by atoms with Crippen LogP contribution in [-0.2, 0) is 0 Å². The second kappa shape index (κ2) is 12.2. The summed E-state index contributed by atoms with van der Waals surface area (Å²) >= 11 is 0. The van der Waals surface area contributed by atoms with Crippen molar-refractivity contribution in [2.75, 3.05) is 0 Å². The molecule has 0 saturated carbocycles. The molecule has 0 aliphatic rings. The highest BCUT2D eigenvalue weighted by Gasteiger charge is 2.16. The first-order valence-corrected chi connectivity index (χ1v) is 15.3. The first kappa shape index (κ1) is 28.8. The monoisotopic (exact) mass is 592 g/mol. The van der Waals surface area contributed by atoms with Gasteiger partial charge >= 0.3 is 0 Å². The molecule has 0 spiro atoms. The first-order chi connectivity index (χ1) is 22.6. The van der Waals surface area contributed by atoms with E-state index in [0.717, 1.165) is 83.0 Å². The summed E-state index contributed by atoms with van der Waals surface area (Å²) in [4.78, 5) is 14.7. The smallest absolute Gasteiger partial charge is 0.0978 e. The lowest BCUT2D eigenvalue weighted by atomic mass is 9.91. The van der Waals surface area contributed by atoms with Crippen LogP contribution in [0.1, 0.15) is 29.2 Å². The Morgan fingerprint density at radius 1 is 0.739 bits per heavy atom.